The van der Waals surface area contributed by atoms with Gasteiger partial charge >= 0.3 is 6.09 Å². The molecule has 0 aliphatic carbocycles. The Morgan fingerprint density at radius 2 is 1.58 bits per heavy atom. The topological polar surface area (TPSA) is 87.2 Å². The minimum Gasteiger partial charge on any atom is -0.444 e. The van der Waals surface area contributed by atoms with Gasteiger partial charge in [0.1, 0.15) is 11.4 Å². The van der Waals surface area contributed by atoms with E-state index in [4.69, 9.17) is 4.74 Å². The highest BCUT2D eigenvalue weighted by Gasteiger charge is 2.36. The third kappa shape index (κ3) is 5.74. The van der Waals surface area contributed by atoms with Crippen molar-refractivity contribution >= 4 is 22.0 Å². The lowest BCUT2D eigenvalue weighted by atomic mass is 9.98. The Balaban J connectivity index is 1.59. The van der Waals surface area contributed by atoms with Gasteiger partial charge in [0.25, 0.3) is 0 Å². The first-order valence-corrected chi connectivity index (χ1v) is 11.9. The van der Waals surface area contributed by atoms with Crippen LogP contribution >= 0.6 is 0 Å². The standard InChI is InChI=1S/C21H30FN3O5S/c1-21(2,3)30-20(27)24-13-11-23(12-14-24)19(26)16-5-4-10-25(15-16)31(28,29)18-8-6-17(22)7-9-18/h6-9,16H,4-5,10-15H2,1-3H3. The molecule has 1 atom stereocenters. The molecule has 2 saturated heterocycles. The SMILES string of the molecule is CC(C)(C)OC(=O)N1CCN(C(=O)C2CCCN(S(=O)(=O)c3ccc(F)cc3)C2)CC1. The maximum Gasteiger partial charge on any atom is 0.410 e. The summed E-state index contributed by atoms with van der Waals surface area (Å²) in [5, 5.41) is 0. The molecule has 1 aromatic carbocycles. The van der Waals surface area contributed by atoms with Crippen LogP contribution in [0.25, 0.3) is 0 Å². The zero-order valence-corrected chi connectivity index (χ0v) is 19.0. The number of carbonyl (C=O) groups is 2. The molecule has 0 bridgehead atoms. The molecule has 172 valence electrons. The lowest BCUT2D eigenvalue weighted by molar-refractivity contribution is -0.138. The van der Waals surface area contributed by atoms with Crippen LogP contribution < -0.4 is 0 Å². The molecule has 2 fully saturated rings. The third-order valence-electron chi connectivity index (χ3n) is 5.43. The molecule has 2 amide bonds. The van der Waals surface area contributed by atoms with E-state index >= 15 is 0 Å². The summed E-state index contributed by atoms with van der Waals surface area (Å²) in [6, 6.07) is 4.71. The Kier molecular flexibility index (Phi) is 6.90. The number of benzene rings is 1. The van der Waals surface area contributed by atoms with Crippen molar-refractivity contribution in [1.29, 1.82) is 0 Å². The van der Waals surface area contributed by atoms with Crippen LogP contribution in [0.3, 0.4) is 0 Å². The third-order valence-corrected chi connectivity index (χ3v) is 7.31. The van der Waals surface area contributed by atoms with Crippen molar-refractivity contribution in [2.24, 2.45) is 5.92 Å². The fraction of sp³-hybridized carbons (Fsp3) is 0.619. The van der Waals surface area contributed by atoms with Crippen LogP contribution in [0.15, 0.2) is 29.2 Å². The lowest BCUT2D eigenvalue weighted by Crippen LogP contribution is -2.54. The normalized spacial score (nSPS) is 21.1. The lowest BCUT2D eigenvalue weighted by Gasteiger charge is -2.39. The van der Waals surface area contributed by atoms with E-state index in [9.17, 15) is 22.4 Å². The van der Waals surface area contributed by atoms with E-state index in [2.05, 4.69) is 0 Å². The van der Waals surface area contributed by atoms with Gasteiger partial charge in [-0.15, -0.1) is 0 Å². The molecule has 0 spiro atoms. The molecule has 0 aromatic heterocycles. The summed E-state index contributed by atoms with van der Waals surface area (Å²) in [5.74, 6) is -1.03. The fourth-order valence-electron chi connectivity index (χ4n) is 3.81. The van der Waals surface area contributed by atoms with Gasteiger partial charge in [0.05, 0.1) is 10.8 Å². The summed E-state index contributed by atoms with van der Waals surface area (Å²) < 4.78 is 45.6. The van der Waals surface area contributed by atoms with E-state index in [1.165, 1.54) is 16.4 Å². The second-order valence-electron chi connectivity index (χ2n) is 8.95. The first-order chi connectivity index (χ1) is 14.5. The molecule has 0 N–H and O–H groups in total. The number of ether oxygens (including phenoxy) is 1. The van der Waals surface area contributed by atoms with Crippen molar-refractivity contribution in [3.05, 3.63) is 30.1 Å². The first-order valence-electron chi connectivity index (χ1n) is 10.5. The van der Waals surface area contributed by atoms with Crippen molar-refractivity contribution in [3.63, 3.8) is 0 Å². The van der Waals surface area contributed by atoms with Crippen LogP contribution in [0.2, 0.25) is 0 Å². The number of amides is 2. The zero-order chi connectivity index (χ0) is 22.8. The quantitative estimate of drug-likeness (QED) is 0.698. The average Bonchev–Trinajstić information content (AvgIpc) is 2.72. The first kappa shape index (κ1) is 23.5. The van der Waals surface area contributed by atoms with Gasteiger partial charge in [-0.2, -0.15) is 4.31 Å². The smallest absolute Gasteiger partial charge is 0.410 e. The van der Waals surface area contributed by atoms with E-state index in [0.29, 0.717) is 45.6 Å². The monoisotopic (exact) mass is 455 g/mol. The summed E-state index contributed by atoms with van der Waals surface area (Å²) in [6.07, 6.45) is 0.795. The molecule has 0 saturated carbocycles. The number of piperazine rings is 1. The average molecular weight is 456 g/mol. The summed E-state index contributed by atoms with van der Waals surface area (Å²) in [4.78, 5) is 28.5. The van der Waals surface area contributed by atoms with Crippen LogP contribution in [-0.4, -0.2) is 79.4 Å². The van der Waals surface area contributed by atoms with E-state index in [1.54, 1.807) is 30.6 Å². The van der Waals surface area contributed by atoms with Crippen LogP contribution in [0, 0.1) is 11.7 Å². The van der Waals surface area contributed by atoms with Crippen molar-refractivity contribution in [1.82, 2.24) is 14.1 Å². The molecule has 2 aliphatic heterocycles. The number of carbonyl (C=O) groups excluding carboxylic acids is 2. The Morgan fingerprint density at radius 3 is 2.16 bits per heavy atom. The molecule has 31 heavy (non-hydrogen) atoms. The summed E-state index contributed by atoms with van der Waals surface area (Å²) in [7, 11) is -3.79. The van der Waals surface area contributed by atoms with Crippen molar-refractivity contribution in [3.8, 4) is 0 Å². The minimum absolute atomic E-state index is 0.0213. The summed E-state index contributed by atoms with van der Waals surface area (Å²) in [5.41, 5.74) is -0.578. The maximum atomic E-state index is 13.2. The van der Waals surface area contributed by atoms with Crippen LogP contribution in [-0.2, 0) is 19.6 Å². The van der Waals surface area contributed by atoms with Gasteiger partial charge in [-0.3, -0.25) is 4.79 Å². The van der Waals surface area contributed by atoms with Gasteiger partial charge < -0.3 is 14.5 Å². The second kappa shape index (κ2) is 9.12. The molecule has 10 heteroatoms. The summed E-state index contributed by atoms with van der Waals surface area (Å²) in [6.45, 7) is 7.38. The zero-order valence-electron chi connectivity index (χ0n) is 18.2. The molecule has 0 radical (unpaired) electrons. The summed E-state index contributed by atoms with van der Waals surface area (Å²) >= 11 is 0. The highest BCUT2D eigenvalue weighted by Crippen LogP contribution is 2.25. The highest BCUT2D eigenvalue weighted by molar-refractivity contribution is 7.89. The number of piperidine rings is 1. The molecule has 3 rings (SSSR count). The maximum absolute atomic E-state index is 13.2. The molecular formula is C21H30FN3O5S. The Labute approximate surface area is 183 Å². The van der Waals surface area contributed by atoms with E-state index < -0.39 is 33.5 Å². The van der Waals surface area contributed by atoms with Gasteiger partial charge in [-0.1, -0.05) is 0 Å². The van der Waals surface area contributed by atoms with Crippen LogP contribution in [0.4, 0.5) is 9.18 Å². The second-order valence-corrected chi connectivity index (χ2v) is 10.9. The Bertz CT molecular complexity index is 906. The molecule has 2 aliphatic rings. The van der Waals surface area contributed by atoms with E-state index in [0.717, 1.165) is 12.1 Å². The number of hydrogen-bond donors (Lipinski definition) is 0. The molecule has 1 aromatic rings. The predicted octanol–water partition coefficient (Wildman–Crippen LogP) is 2.31. The number of nitrogens with zero attached hydrogens (tertiary/aromatic N) is 3. The van der Waals surface area contributed by atoms with E-state index in [-0.39, 0.29) is 17.3 Å². The van der Waals surface area contributed by atoms with E-state index in [1.807, 2.05) is 0 Å². The van der Waals surface area contributed by atoms with Gasteiger partial charge in [0.2, 0.25) is 15.9 Å². The van der Waals surface area contributed by atoms with Crippen LogP contribution in [0.5, 0.6) is 0 Å². The minimum atomic E-state index is -3.79. The van der Waals surface area contributed by atoms with Crippen LogP contribution in [0.1, 0.15) is 33.6 Å². The Hall–Kier alpha value is -2.20. The fourth-order valence-corrected chi connectivity index (χ4v) is 5.34. The number of rotatable bonds is 3. The molecular weight excluding hydrogens is 425 g/mol. The van der Waals surface area contributed by atoms with Crippen molar-refractivity contribution in [2.45, 2.75) is 44.1 Å². The predicted molar refractivity (Wildman–Crippen MR) is 112 cm³/mol. The molecule has 1 unspecified atom stereocenters. The Morgan fingerprint density at radius 1 is 1.00 bits per heavy atom. The largest absolute Gasteiger partial charge is 0.444 e. The number of hydrogen-bond acceptors (Lipinski definition) is 5. The van der Waals surface area contributed by atoms with Gasteiger partial charge in [0.15, 0.2) is 0 Å². The van der Waals surface area contributed by atoms with Gasteiger partial charge in [-0.05, 0) is 57.9 Å². The highest BCUT2D eigenvalue weighted by atomic mass is 32.2. The molecule has 8 nitrogen and oxygen atoms in total. The van der Waals surface area contributed by atoms with Crippen molar-refractivity contribution < 1.29 is 27.1 Å². The van der Waals surface area contributed by atoms with Crippen molar-refractivity contribution in [2.75, 3.05) is 39.3 Å². The number of sulfonamides is 1. The number of halogens is 1. The van der Waals surface area contributed by atoms with Gasteiger partial charge in [0, 0.05) is 39.3 Å². The molecule has 2 heterocycles. The van der Waals surface area contributed by atoms with Gasteiger partial charge in [-0.25, -0.2) is 17.6 Å².